The van der Waals surface area contributed by atoms with Gasteiger partial charge in [-0.25, -0.2) is 21.6 Å². The Labute approximate surface area is 165 Å². The number of sulfone groups is 1. The van der Waals surface area contributed by atoms with Crippen LogP contribution < -0.4 is 4.72 Å². The van der Waals surface area contributed by atoms with Gasteiger partial charge in [0.1, 0.15) is 0 Å². The van der Waals surface area contributed by atoms with E-state index in [0.717, 1.165) is 38.5 Å². The number of hydrogen-bond donors (Lipinski definition) is 1. The van der Waals surface area contributed by atoms with Gasteiger partial charge in [0.15, 0.2) is 0 Å². The van der Waals surface area contributed by atoms with Gasteiger partial charge in [-0.15, -0.1) is 0 Å². The summed E-state index contributed by atoms with van der Waals surface area (Å²) in [6.07, 6.45) is 5.85. The SMILES string of the molecule is O=S(=O)(NC1CCCCCC1)c1cccc(S(=O)(=O)c2ccc(Cl)cc2)c1. The minimum absolute atomic E-state index is 0.0400. The zero-order chi connectivity index (χ0) is 19.5. The molecule has 0 amide bonds. The van der Waals surface area contributed by atoms with Crippen molar-refractivity contribution < 1.29 is 16.8 Å². The van der Waals surface area contributed by atoms with Crippen LogP contribution in [0, 0.1) is 0 Å². The molecule has 3 rings (SSSR count). The van der Waals surface area contributed by atoms with Gasteiger partial charge in [0.25, 0.3) is 0 Å². The maximum absolute atomic E-state index is 12.8. The first-order valence-corrected chi connectivity index (χ1v) is 12.3. The first-order chi connectivity index (χ1) is 12.8. The number of nitrogens with one attached hydrogen (secondary N) is 1. The quantitative estimate of drug-likeness (QED) is 0.726. The number of halogens is 1. The van der Waals surface area contributed by atoms with Crippen LogP contribution in [0.3, 0.4) is 0 Å². The Bertz CT molecular complexity index is 994. The maximum atomic E-state index is 12.8. The van der Waals surface area contributed by atoms with E-state index < -0.39 is 19.9 Å². The van der Waals surface area contributed by atoms with Crippen LogP contribution in [-0.2, 0) is 19.9 Å². The smallest absolute Gasteiger partial charge is 0.219 e. The van der Waals surface area contributed by atoms with Gasteiger partial charge in [-0.05, 0) is 55.3 Å². The molecule has 146 valence electrons. The highest BCUT2D eigenvalue weighted by atomic mass is 35.5. The summed E-state index contributed by atoms with van der Waals surface area (Å²) in [5.74, 6) is 0. The molecule has 0 aliphatic heterocycles. The molecule has 0 saturated heterocycles. The highest BCUT2D eigenvalue weighted by Gasteiger charge is 2.24. The molecule has 5 nitrogen and oxygen atoms in total. The minimum atomic E-state index is -3.83. The Morgan fingerprint density at radius 3 is 2.00 bits per heavy atom. The third-order valence-electron chi connectivity index (χ3n) is 4.73. The van der Waals surface area contributed by atoms with Crippen LogP contribution in [0.25, 0.3) is 0 Å². The van der Waals surface area contributed by atoms with Gasteiger partial charge in [-0.1, -0.05) is 43.4 Å². The van der Waals surface area contributed by atoms with Gasteiger partial charge >= 0.3 is 0 Å². The molecular weight excluding hydrogens is 406 g/mol. The van der Waals surface area contributed by atoms with Crippen molar-refractivity contribution in [1.29, 1.82) is 0 Å². The molecule has 0 radical (unpaired) electrons. The first kappa shape index (κ1) is 20.3. The Morgan fingerprint density at radius 2 is 1.37 bits per heavy atom. The molecule has 2 aromatic rings. The minimum Gasteiger partial charge on any atom is -0.219 e. The van der Waals surface area contributed by atoms with Gasteiger partial charge in [-0.3, -0.25) is 0 Å². The van der Waals surface area contributed by atoms with E-state index in [2.05, 4.69) is 4.72 Å². The summed E-state index contributed by atoms with van der Waals surface area (Å²) in [7, 11) is -7.61. The van der Waals surface area contributed by atoms with E-state index >= 15 is 0 Å². The molecule has 0 unspecified atom stereocenters. The summed E-state index contributed by atoms with van der Waals surface area (Å²) < 4.78 is 53.8. The molecule has 8 heteroatoms. The maximum Gasteiger partial charge on any atom is 0.240 e. The third kappa shape index (κ3) is 4.90. The molecule has 1 aliphatic rings. The van der Waals surface area contributed by atoms with Gasteiger partial charge in [-0.2, -0.15) is 0 Å². The molecule has 27 heavy (non-hydrogen) atoms. The molecule has 1 saturated carbocycles. The fraction of sp³-hybridized carbons (Fsp3) is 0.368. The molecule has 0 heterocycles. The lowest BCUT2D eigenvalue weighted by atomic mass is 10.1. The van der Waals surface area contributed by atoms with Crippen LogP contribution in [-0.4, -0.2) is 22.9 Å². The number of sulfonamides is 1. The standard InChI is InChI=1S/C19H22ClNO4S2/c20-15-10-12-17(13-11-15)26(22,23)18-8-5-9-19(14-18)27(24,25)21-16-6-3-1-2-4-7-16/h5,8-14,16,21H,1-4,6-7H2. The average Bonchev–Trinajstić information content (AvgIpc) is 2.90. The Hall–Kier alpha value is -1.41. The predicted molar refractivity (Wildman–Crippen MR) is 105 cm³/mol. The largest absolute Gasteiger partial charge is 0.240 e. The second-order valence-corrected chi connectivity index (χ2v) is 10.8. The van der Waals surface area contributed by atoms with E-state index in [1.54, 1.807) is 0 Å². The lowest BCUT2D eigenvalue weighted by molar-refractivity contribution is 0.510. The molecule has 0 spiro atoms. The molecule has 1 N–H and O–H groups in total. The fourth-order valence-electron chi connectivity index (χ4n) is 3.24. The average molecular weight is 428 g/mol. The van der Waals surface area contributed by atoms with E-state index in [1.165, 1.54) is 48.5 Å². The molecule has 0 atom stereocenters. The topological polar surface area (TPSA) is 80.3 Å². The summed E-state index contributed by atoms with van der Waals surface area (Å²) in [5, 5.41) is 0.429. The van der Waals surface area contributed by atoms with Gasteiger partial charge in [0, 0.05) is 11.1 Å². The molecule has 0 aromatic heterocycles. The zero-order valence-electron chi connectivity index (χ0n) is 14.8. The zero-order valence-corrected chi connectivity index (χ0v) is 17.2. The van der Waals surface area contributed by atoms with Crippen molar-refractivity contribution in [3.63, 3.8) is 0 Å². The molecular formula is C19H22ClNO4S2. The summed E-state index contributed by atoms with van der Waals surface area (Å²) in [6, 6.07) is 11.2. The van der Waals surface area contributed by atoms with Crippen molar-refractivity contribution in [3.05, 3.63) is 53.6 Å². The summed E-state index contributed by atoms with van der Waals surface area (Å²) in [5.41, 5.74) is 0. The molecule has 0 bridgehead atoms. The second kappa shape index (κ2) is 8.31. The number of rotatable bonds is 5. The van der Waals surface area contributed by atoms with Gasteiger partial charge in [0.05, 0.1) is 14.7 Å². The van der Waals surface area contributed by atoms with E-state index in [-0.39, 0.29) is 20.7 Å². The van der Waals surface area contributed by atoms with Crippen LogP contribution in [0.15, 0.2) is 63.2 Å². The van der Waals surface area contributed by atoms with Crippen molar-refractivity contribution in [3.8, 4) is 0 Å². The first-order valence-electron chi connectivity index (χ1n) is 8.92. The van der Waals surface area contributed by atoms with E-state index in [9.17, 15) is 16.8 Å². The lowest BCUT2D eigenvalue weighted by Crippen LogP contribution is -2.34. The van der Waals surface area contributed by atoms with E-state index in [4.69, 9.17) is 11.6 Å². The van der Waals surface area contributed by atoms with Gasteiger partial charge in [0.2, 0.25) is 19.9 Å². The Balaban J connectivity index is 1.89. The van der Waals surface area contributed by atoms with Crippen molar-refractivity contribution in [2.75, 3.05) is 0 Å². The van der Waals surface area contributed by atoms with Crippen LogP contribution >= 0.6 is 11.6 Å². The van der Waals surface area contributed by atoms with Crippen molar-refractivity contribution >= 4 is 31.5 Å². The Kier molecular flexibility index (Phi) is 6.25. The van der Waals surface area contributed by atoms with Crippen molar-refractivity contribution in [2.45, 2.75) is 59.3 Å². The summed E-state index contributed by atoms with van der Waals surface area (Å²) >= 11 is 5.81. The van der Waals surface area contributed by atoms with Crippen LogP contribution in [0.1, 0.15) is 38.5 Å². The predicted octanol–water partition coefficient (Wildman–Crippen LogP) is 4.17. The second-order valence-electron chi connectivity index (χ2n) is 6.74. The van der Waals surface area contributed by atoms with Crippen molar-refractivity contribution in [1.82, 2.24) is 4.72 Å². The van der Waals surface area contributed by atoms with Crippen LogP contribution in [0.4, 0.5) is 0 Å². The van der Waals surface area contributed by atoms with E-state index in [1.807, 2.05) is 0 Å². The lowest BCUT2D eigenvalue weighted by Gasteiger charge is -2.16. The highest BCUT2D eigenvalue weighted by molar-refractivity contribution is 7.91. The molecule has 2 aromatic carbocycles. The summed E-state index contributed by atoms with van der Waals surface area (Å²) in [6.45, 7) is 0. The van der Waals surface area contributed by atoms with E-state index in [0.29, 0.717) is 5.02 Å². The van der Waals surface area contributed by atoms with Crippen LogP contribution in [0.5, 0.6) is 0 Å². The third-order valence-corrected chi connectivity index (χ3v) is 8.26. The normalized spacial score (nSPS) is 16.8. The monoisotopic (exact) mass is 427 g/mol. The van der Waals surface area contributed by atoms with Crippen molar-refractivity contribution in [2.24, 2.45) is 0 Å². The number of hydrogen-bond acceptors (Lipinski definition) is 4. The number of benzene rings is 2. The highest BCUT2D eigenvalue weighted by Crippen LogP contribution is 2.25. The van der Waals surface area contributed by atoms with Crippen LogP contribution in [0.2, 0.25) is 5.02 Å². The van der Waals surface area contributed by atoms with Gasteiger partial charge < -0.3 is 0 Å². The molecule has 1 aliphatic carbocycles. The summed E-state index contributed by atoms with van der Waals surface area (Å²) in [4.78, 5) is -0.0338. The fourth-order valence-corrected chi connectivity index (χ4v) is 6.10. The molecule has 1 fully saturated rings. The Morgan fingerprint density at radius 1 is 0.778 bits per heavy atom.